The minimum absolute atomic E-state index is 0.917. The van der Waals surface area contributed by atoms with Crippen LogP contribution in [-0.4, -0.2) is 16.4 Å². The first kappa shape index (κ1) is 37.0. The van der Waals surface area contributed by atoms with E-state index in [1.54, 1.807) is 0 Å². The lowest BCUT2D eigenvalue weighted by atomic mass is 10.1. The SMILES string of the molecule is Cc1cccc(N(Cc2ccccc2)Cc2ccccc2)c1C.Cc1cccc(N(Cc2ccccc2)Cc2ccccc2)c1C.O=C(O)O. The minimum atomic E-state index is -1.83. The van der Waals surface area contributed by atoms with Gasteiger partial charge in [0.1, 0.15) is 0 Å². The van der Waals surface area contributed by atoms with Gasteiger partial charge in [0.05, 0.1) is 0 Å². The Balaban J connectivity index is 0.000000203. The first-order valence-corrected chi connectivity index (χ1v) is 16.9. The molecule has 0 heterocycles. The number of hydrogen-bond donors (Lipinski definition) is 2. The standard InChI is InChI=1S/2C22H23N.CH2O3/c2*1-18-10-9-15-22(19(18)2)23(16-20-11-5-3-6-12-20)17-21-13-7-4-8-14-21;2-1(3)4/h2*3-15H,16-17H2,1-2H3;(H2,2,3,4). The lowest BCUT2D eigenvalue weighted by molar-refractivity contribution is 0.137. The number of hydrogen-bond acceptors (Lipinski definition) is 3. The van der Waals surface area contributed by atoms with Crippen molar-refractivity contribution in [3.05, 3.63) is 202 Å². The Kier molecular flexibility index (Phi) is 14.3. The molecule has 0 fully saturated rings. The van der Waals surface area contributed by atoms with Gasteiger partial charge in [-0.3, -0.25) is 0 Å². The molecular formula is C45H48N2O3. The largest absolute Gasteiger partial charge is 0.503 e. The highest BCUT2D eigenvalue weighted by molar-refractivity contribution is 5.58. The topological polar surface area (TPSA) is 64.0 Å². The van der Waals surface area contributed by atoms with Gasteiger partial charge in [-0.25, -0.2) is 4.79 Å². The lowest BCUT2D eigenvalue weighted by Gasteiger charge is -2.27. The molecule has 0 amide bonds. The van der Waals surface area contributed by atoms with Crippen molar-refractivity contribution in [3.63, 3.8) is 0 Å². The van der Waals surface area contributed by atoms with Crippen LogP contribution in [0.1, 0.15) is 44.5 Å². The normalized spacial score (nSPS) is 10.2. The van der Waals surface area contributed by atoms with Gasteiger partial charge in [-0.2, -0.15) is 0 Å². The van der Waals surface area contributed by atoms with Gasteiger partial charge in [0, 0.05) is 37.6 Å². The van der Waals surface area contributed by atoms with Gasteiger partial charge in [0.2, 0.25) is 0 Å². The van der Waals surface area contributed by atoms with E-state index >= 15 is 0 Å². The van der Waals surface area contributed by atoms with Crippen molar-refractivity contribution in [2.24, 2.45) is 0 Å². The van der Waals surface area contributed by atoms with Gasteiger partial charge in [0.15, 0.2) is 0 Å². The van der Waals surface area contributed by atoms with Crippen LogP contribution in [0.5, 0.6) is 0 Å². The molecule has 50 heavy (non-hydrogen) atoms. The molecule has 256 valence electrons. The van der Waals surface area contributed by atoms with Gasteiger partial charge in [-0.15, -0.1) is 0 Å². The average Bonchev–Trinajstić information content (AvgIpc) is 3.12. The Morgan fingerprint density at radius 1 is 0.400 bits per heavy atom. The Hall–Kier alpha value is -5.81. The molecule has 5 nitrogen and oxygen atoms in total. The number of carboxylic acid groups (broad SMARTS) is 2. The maximum atomic E-state index is 8.56. The number of anilines is 2. The number of rotatable bonds is 10. The predicted octanol–water partition coefficient (Wildman–Crippen LogP) is 11.2. The van der Waals surface area contributed by atoms with E-state index in [0.717, 1.165) is 26.2 Å². The second kappa shape index (κ2) is 19.3. The van der Waals surface area contributed by atoms with Crippen molar-refractivity contribution in [2.75, 3.05) is 9.80 Å². The quantitative estimate of drug-likeness (QED) is 0.153. The molecule has 0 unspecified atom stereocenters. The summed E-state index contributed by atoms with van der Waals surface area (Å²) in [5, 5.41) is 13.9. The Morgan fingerprint density at radius 2 is 0.640 bits per heavy atom. The number of benzene rings is 6. The molecule has 0 aromatic heterocycles. The molecule has 0 aliphatic rings. The molecule has 6 aromatic carbocycles. The molecule has 0 saturated carbocycles. The van der Waals surface area contributed by atoms with Gasteiger partial charge in [-0.1, -0.05) is 146 Å². The van der Waals surface area contributed by atoms with Crippen LogP contribution in [-0.2, 0) is 26.2 Å². The molecule has 0 aliphatic carbocycles. The van der Waals surface area contributed by atoms with E-state index in [-0.39, 0.29) is 0 Å². The Morgan fingerprint density at radius 3 is 0.880 bits per heavy atom. The van der Waals surface area contributed by atoms with Crippen LogP contribution in [0.3, 0.4) is 0 Å². The summed E-state index contributed by atoms with van der Waals surface area (Å²) in [5.74, 6) is 0. The lowest BCUT2D eigenvalue weighted by Crippen LogP contribution is -2.23. The van der Waals surface area contributed by atoms with Crippen LogP contribution in [0.4, 0.5) is 16.2 Å². The zero-order valence-corrected chi connectivity index (χ0v) is 29.5. The van der Waals surface area contributed by atoms with E-state index in [1.165, 1.54) is 55.9 Å². The van der Waals surface area contributed by atoms with Crippen LogP contribution in [0.15, 0.2) is 158 Å². The predicted molar refractivity (Wildman–Crippen MR) is 208 cm³/mol. The van der Waals surface area contributed by atoms with Crippen LogP contribution in [0.25, 0.3) is 0 Å². The molecule has 5 heteroatoms. The van der Waals surface area contributed by atoms with Crippen LogP contribution < -0.4 is 9.80 Å². The van der Waals surface area contributed by atoms with Gasteiger partial charge < -0.3 is 20.0 Å². The molecule has 2 N–H and O–H groups in total. The molecule has 0 saturated heterocycles. The van der Waals surface area contributed by atoms with Crippen molar-refractivity contribution in [3.8, 4) is 0 Å². The van der Waals surface area contributed by atoms with Crippen molar-refractivity contribution in [1.82, 2.24) is 0 Å². The summed E-state index contributed by atoms with van der Waals surface area (Å²) in [6, 6.07) is 55.9. The van der Waals surface area contributed by atoms with Crippen LogP contribution >= 0.6 is 0 Å². The molecule has 0 spiro atoms. The van der Waals surface area contributed by atoms with Gasteiger partial charge in [0.25, 0.3) is 0 Å². The third-order valence-electron chi connectivity index (χ3n) is 8.70. The zero-order valence-electron chi connectivity index (χ0n) is 29.5. The Bertz CT molecular complexity index is 1660. The number of carbonyl (C=O) groups is 1. The average molecular weight is 665 g/mol. The maximum Gasteiger partial charge on any atom is 0.503 e. The first-order valence-electron chi connectivity index (χ1n) is 16.9. The smallest absolute Gasteiger partial charge is 0.450 e. The fourth-order valence-corrected chi connectivity index (χ4v) is 5.82. The highest BCUT2D eigenvalue weighted by Gasteiger charge is 2.13. The molecule has 6 aromatic rings. The van der Waals surface area contributed by atoms with E-state index in [2.05, 4.69) is 195 Å². The summed E-state index contributed by atoms with van der Waals surface area (Å²) < 4.78 is 0. The second-order valence-corrected chi connectivity index (χ2v) is 12.4. The number of nitrogens with zero attached hydrogens (tertiary/aromatic N) is 2. The molecule has 0 bridgehead atoms. The van der Waals surface area contributed by atoms with Crippen LogP contribution in [0, 0.1) is 27.7 Å². The summed E-state index contributed by atoms with van der Waals surface area (Å²) in [6.07, 6.45) is -1.83. The highest BCUT2D eigenvalue weighted by atomic mass is 16.6. The summed E-state index contributed by atoms with van der Waals surface area (Å²) in [6.45, 7) is 12.5. The summed E-state index contributed by atoms with van der Waals surface area (Å²) in [4.78, 5) is 13.5. The monoisotopic (exact) mass is 664 g/mol. The fraction of sp³-hybridized carbons (Fsp3) is 0.178. The molecule has 0 atom stereocenters. The second-order valence-electron chi connectivity index (χ2n) is 12.4. The highest BCUT2D eigenvalue weighted by Crippen LogP contribution is 2.27. The summed E-state index contributed by atoms with van der Waals surface area (Å²) in [5.41, 5.74) is 13.4. The molecule has 0 aliphatic heterocycles. The molecule has 6 rings (SSSR count). The van der Waals surface area contributed by atoms with Crippen molar-refractivity contribution < 1.29 is 15.0 Å². The third kappa shape index (κ3) is 11.7. The van der Waals surface area contributed by atoms with Gasteiger partial charge >= 0.3 is 6.16 Å². The maximum absolute atomic E-state index is 8.56. The van der Waals surface area contributed by atoms with E-state index in [9.17, 15) is 0 Å². The van der Waals surface area contributed by atoms with Crippen molar-refractivity contribution >= 4 is 17.5 Å². The first-order chi connectivity index (χ1) is 24.2. The van der Waals surface area contributed by atoms with E-state index in [0.29, 0.717) is 0 Å². The van der Waals surface area contributed by atoms with E-state index in [1.807, 2.05) is 0 Å². The minimum Gasteiger partial charge on any atom is -0.450 e. The van der Waals surface area contributed by atoms with Crippen molar-refractivity contribution in [2.45, 2.75) is 53.9 Å². The van der Waals surface area contributed by atoms with Crippen molar-refractivity contribution in [1.29, 1.82) is 0 Å². The van der Waals surface area contributed by atoms with E-state index < -0.39 is 6.16 Å². The molecule has 0 radical (unpaired) electrons. The summed E-state index contributed by atoms with van der Waals surface area (Å²) in [7, 11) is 0. The van der Waals surface area contributed by atoms with E-state index in [4.69, 9.17) is 15.0 Å². The van der Waals surface area contributed by atoms with Gasteiger partial charge in [-0.05, 0) is 84.3 Å². The third-order valence-corrected chi connectivity index (χ3v) is 8.70. The zero-order chi connectivity index (χ0) is 35.7. The molecular weight excluding hydrogens is 617 g/mol. The summed E-state index contributed by atoms with van der Waals surface area (Å²) >= 11 is 0. The fourth-order valence-electron chi connectivity index (χ4n) is 5.82. The van der Waals surface area contributed by atoms with Crippen LogP contribution in [0.2, 0.25) is 0 Å². The number of aryl methyl sites for hydroxylation is 2. The Labute approximate surface area is 297 Å².